The van der Waals surface area contributed by atoms with E-state index in [9.17, 15) is 0 Å². The van der Waals surface area contributed by atoms with Gasteiger partial charge < -0.3 is 10.1 Å². The highest BCUT2D eigenvalue weighted by atomic mass is 16.5. The fourth-order valence-electron chi connectivity index (χ4n) is 2.92. The molecular weight excluding hydrogens is 288 g/mol. The number of imidazole rings is 1. The highest BCUT2D eigenvalue weighted by Crippen LogP contribution is 2.22. The summed E-state index contributed by atoms with van der Waals surface area (Å²) in [5.41, 5.74) is 4.24. The fraction of sp³-hybridized carbons (Fsp3) is 0.333. The molecular formula is C18H20N4O. The highest BCUT2D eigenvalue weighted by Gasteiger charge is 2.15. The average Bonchev–Trinajstić information content (AvgIpc) is 3.00. The third kappa shape index (κ3) is 2.92. The Morgan fingerprint density at radius 2 is 1.87 bits per heavy atom. The van der Waals surface area contributed by atoms with Crippen molar-refractivity contribution in [2.24, 2.45) is 0 Å². The second-order valence-electron chi connectivity index (χ2n) is 6.03. The maximum atomic E-state index is 5.41. The molecule has 2 aromatic heterocycles. The molecule has 5 nitrogen and oxygen atoms in total. The summed E-state index contributed by atoms with van der Waals surface area (Å²) < 4.78 is 7.32. The lowest BCUT2D eigenvalue weighted by molar-refractivity contribution is 0.0903. The third-order valence-corrected chi connectivity index (χ3v) is 4.28. The first-order chi connectivity index (χ1) is 11.3. The first-order valence-electron chi connectivity index (χ1n) is 8.06. The minimum atomic E-state index is 0.431. The van der Waals surface area contributed by atoms with Gasteiger partial charge in [-0.3, -0.25) is 0 Å². The van der Waals surface area contributed by atoms with Crippen molar-refractivity contribution in [1.82, 2.24) is 14.6 Å². The van der Waals surface area contributed by atoms with E-state index in [1.165, 1.54) is 5.56 Å². The minimum absolute atomic E-state index is 0.431. The number of ether oxygens (including phenoxy) is 1. The lowest BCUT2D eigenvalue weighted by atomic mass is 10.1. The Hall–Kier alpha value is -2.40. The number of aryl methyl sites for hydroxylation is 1. The Balaban J connectivity index is 1.66. The van der Waals surface area contributed by atoms with Crippen LogP contribution in [0, 0.1) is 6.92 Å². The Labute approximate surface area is 135 Å². The second kappa shape index (κ2) is 6.01. The molecule has 3 heterocycles. The maximum Gasteiger partial charge on any atom is 0.154 e. The van der Waals surface area contributed by atoms with Crippen molar-refractivity contribution in [3.8, 4) is 11.3 Å². The quantitative estimate of drug-likeness (QED) is 0.806. The van der Waals surface area contributed by atoms with Crippen molar-refractivity contribution in [2.45, 2.75) is 25.8 Å². The highest BCUT2D eigenvalue weighted by molar-refractivity contribution is 5.63. The summed E-state index contributed by atoms with van der Waals surface area (Å²) in [5.74, 6) is 0.885. The standard InChI is InChI=1S/C18H20N4O/c1-13-2-4-14(5-3-13)16-12-19-18-7-6-17(21-22(16)18)20-15-8-10-23-11-9-15/h2-7,12,15H,8-11H2,1H3,(H,20,21). The lowest BCUT2D eigenvalue weighted by Crippen LogP contribution is -2.28. The molecule has 0 atom stereocenters. The number of anilines is 1. The van der Waals surface area contributed by atoms with Crippen molar-refractivity contribution >= 4 is 11.5 Å². The second-order valence-corrected chi connectivity index (χ2v) is 6.03. The molecule has 1 aliphatic rings. The minimum Gasteiger partial charge on any atom is -0.381 e. The van der Waals surface area contributed by atoms with Crippen molar-refractivity contribution in [3.05, 3.63) is 48.2 Å². The summed E-state index contributed by atoms with van der Waals surface area (Å²) in [7, 11) is 0. The van der Waals surface area contributed by atoms with Crippen LogP contribution in [-0.4, -0.2) is 33.9 Å². The van der Waals surface area contributed by atoms with E-state index in [4.69, 9.17) is 9.84 Å². The molecule has 4 rings (SSSR count). The largest absolute Gasteiger partial charge is 0.381 e. The summed E-state index contributed by atoms with van der Waals surface area (Å²) in [5, 5.41) is 8.24. The van der Waals surface area contributed by atoms with E-state index < -0.39 is 0 Å². The number of aromatic nitrogens is 3. The first kappa shape index (κ1) is 14.2. The smallest absolute Gasteiger partial charge is 0.154 e. The van der Waals surface area contributed by atoms with Crippen molar-refractivity contribution in [3.63, 3.8) is 0 Å². The van der Waals surface area contributed by atoms with Crippen molar-refractivity contribution in [1.29, 1.82) is 0 Å². The molecule has 1 aliphatic heterocycles. The number of benzene rings is 1. The molecule has 0 saturated carbocycles. The van der Waals surface area contributed by atoms with Gasteiger partial charge in [-0.2, -0.15) is 0 Å². The molecule has 0 bridgehead atoms. The van der Waals surface area contributed by atoms with Crippen LogP contribution >= 0.6 is 0 Å². The maximum absolute atomic E-state index is 5.41. The molecule has 0 spiro atoms. The molecule has 1 fully saturated rings. The van der Waals surface area contributed by atoms with Gasteiger partial charge in [0.2, 0.25) is 0 Å². The molecule has 23 heavy (non-hydrogen) atoms. The zero-order valence-electron chi connectivity index (χ0n) is 13.2. The van der Waals surface area contributed by atoms with Gasteiger partial charge in [0.05, 0.1) is 11.9 Å². The zero-order chi connectivity index (χ0) is 15.6. The van der Waals surface area contributed by atoms with Gasteiger partial charge in [0.15, 0.2) is 5.65 Å². The number of hydrogen-bond acceptors (Lipinski definition) is 4. The Morgan fingerprint density at radius 1 is 1.09 bits per heavy atom. The van der Waals surface area contributed by atoms with Crippen LogP contribution in [0.1, 0.15) is 18.4 Å². The van der Waals surface area contributed by atoms with Gasteiger partial charge >= 0.3 is 0 Å². The fourth-order valence-corrected chi connectivity index (χ4v) is 2.92. The summed E-state index contributed by atoms with van der Waals surface area (Å²) >= 11 is 0. The van der Waals surface area contributed by atoms with E-state index in [-0.39, 0.29) is 0 Å². The van der Waals surface area contributed by atoms with E-state index in [1.54, 1.807) is 0 Å². The van der Waals surface area contributed by atoms with Gasteiger partial charge in [-0.25, -0.2) is 9.50 Å². The predicted molar refractivity (Wildman–Crippen MR) is 90.6 cm³/mol. The van der Waals surface area contributed by atoms with Crippen LogP contribution in [0.15, 0.2) is 42.6 Å². The van der Waals surface area contributed by atoms with Gasteiger partial charge in [-0.15, -0.1) is 5.10 Å². The molecule has 5 heteroatoms. The molecule has 118 valence electrons. The van der Waals surface area contributed by atoms with Crippen LogP contribution in [0.5, 0.6) is 0 Å². The lowest BCUT2D eigenvalue weighted by Gasteiger charge is -2.23. The molecule has 0 aliphatic carbocycles. The summed E-state index contributed by atoms with van der Waals surface area (Å²) in [6.07, 6.45) is 3.92. The SMILES string of the molecule is Cc1ccc(-c2cnc3ccc(NC4CCOCC4)nn23)cc1. The van der Waals surface area contributed by atoms with Gasteiger partial charge in [0.1, 0.15) is 5.82 Å². The molecule has 0 amide bonds. The van der Waals surface area contributed by atoms with Crippen molar-refractivity contribution in [2.75, 3.05) is 18.5 Å². The average molecular weight is 308 g/mol. The topological polar surface area (TPSA) is 51.5 Å². The molecule has 3 aromatic rings. The Morgan fingerprint density at radius 3 is 2.65 bits per heavy atom. The van der Waals surface area contributed by atoms with Crippen LogP contribution in [-0.2, 0) is 4.74 Å². The van der Waals surface area contributed by atoms with Crippen LogP contribution in [0.25, 0.3) is 16.9 Å². The Bertz CT molecular complexity index is 804. The number of rotatable bonds is 3. The monoisotopic (exact) mass is 308 g/mol. The normalized spacial score (nSPS) is 15.9. The number of hydrogen-bond donors (Lipinski definition) is 1. The summed E-state index contributed by atoms with van der Waals surface area (Å²) in [6.45, 7) is 3.73. The van der Waals surface area contributed by atoms with Gasteiger partial charge in [-0.1, -0.05) is 29.8 Å². The van der Waals surface area contributed by atoms with Crippen LogP contribution < -0.4 is 5.32 Å². The molecule has 0 unspecified atom stereocenters. The Kier molecular flexibility index (Phi) is 3.71. The summed E-state index contributed by atoms with van der Waals surface area (Å²) in [4.78, 5) is 4.46. The van der Waals surface area contributed by atoms with Crippen LogP contribution in [0.2, 0.25) is 0 Å². The molecule has 1 aromatic carbocycles. The number of fused-ring (bicyclic) bond motifs is 1. The van der Waals surface area contributed by atoms with Crippen LogP contribution in [0.3, 0.4) is 0 Å². The zero-order valence-corrected chi connectivity index (χ0v) is 13.2. The van der Waals surface area contributed by atoms with E-state index >= 15 is 0 Å². The molecule has 0 radical (unpaired) electrons. The van der Waals surface area contributed by atoms with E-state index in [2.05, 4.69) is 41.5 Å². The van der Waals surface area contributed by atoms with Gasteiger partial charge in [0.25, 0.3) is 0 Å². The molecule has 1 N–H and O–H groups in total. The summed E-state index contributed by atoms with van der Waals surface area (Å²) in [6, 6.07) is 12.9. The first-order valence-corrected chi connectivity index (χ1v) is 8.06. The van der Waals surface area contributed by atoms with Gasteiger partial charge in [0, 0.05) is 24.8 Å². The van der Waals surface area contributed by atoms with E-state index in [1.807, 2.05) is 22.8 Å². The number of nitrogens with zero attached hydrogens (tertiary/aromatic N) is 3. The van der Waals surface area contributed by atoms with E-state index in [0.717, 1.165) is 48.8 Å². The molecule has 1 saturated heterocycles. The van der Waals surface area contributed by atoms with Crippen molar-refractivity contribution < 1.29 is 4.74 Å². The third-order valence-electron chi connectivity index (χ3n) is 4.28. The van der Waals surface area contributed by atoms with E-state index in [0.29, 0.717) is 6.04 Å². The van der Waals surface area contributed by atoms with Crippen LogP contribution in [0.4, 0.5) is 5.82 Å². The van der Waals surface area contributed by atoms with Gasteiger partial charge in [-0.05, 0) is 31.9 Å². The number of nitrogens with one attached hydrogen (secondary N) is 1. The predicted octanol–water partition coefficient (Wildman–Crippen LogP) is 3.30.